The Morgan fingerprint density at radius 3 is 2.65 bits per heavy atom. The number of anilines is 1. The normalized spacial score (nSPS) is 14.6. The summed E-state index contributed by atoms with van der Waals surface area (Å²) in [6.07, 6.45) is 1.75. The van der Waals surface area contributed by atoms with Gasteiger partial charge in [0.1, 0.15) is 5.76 Å². The van der Waals surface area contributed by atoms with E-state index in [0.717, 1.165) is 29.2 Å². The van der Waals surface area contributed by atoms with Crippen LogP contribution in [0.2, 0.25) is 0 Å². The lowest BCUT2D eigenvalue weighted by molar-refractivity contribution is 0.102. The second-order valence-electron chi connectivity index (χ2n) is 7.31. The summed E-state index contributed by atoms with van der Waals surface area (Å²) in [5.74, 6) is 1.02. The molecule has 1 aliphatic rings. The fourth-order valence-corrected chi connectivity index (χ4v) is 5.92. The van der Waals surface area contributed by atoms with Crippen LogP contribution in [0.5, 0.6) is 0 Å². The van der Waals surface area contributed by atoms with Gasteiger partial charge in [-0.15, -0.1) is 11.8 Å². The number of hydrogen-bond acceptors (Lipinski definition) is 6. The Bertz CT molecular complexity index is 1180. The molecule has 1 N–H and O–H groups in total. The largest absolute Gasteiger partial charge is 0.361 e. The lowest BCUT2D eigenvalue weighted by Crippen LogP contribution is -2.27. The summed E-state index contributed by atoms with van der Waals surface area (Å²) in [5, 5.41) is 6.82. The molecule has 1 aromatic heterocycles. The number of carbonyl (C=O) groups excluding carboxylic acids is 1. The van der Waals surface area contributed by atoms with Crippen molar-refractivity contribution in [2.24, 2.45) is 0 Å². The molecule has 1 amide bonds. The van der Waals surface area contributed by atoms with Crippen LogP contribution in [0.1, 0.15) is 34.7 Å². The van der Waals surface area contributed by atoms with Crippen LogP contribution >= 0.6 is 11.8 Å². The van der Waals surface area contributed by atoms with E-state index in [-0.39, 0.29) is 10.8 Å². The summed E-state index contributed by atoms with van der Waals surface area (Å²) < 4.78 is 32.2. The Labute approximate surface area is 185 Å². The molecule has 0 saturated carbocycles. The number of sulfonamides is 1. The average molecular weight is 458 g/mol. The average Bonchev–Trinajstić information content (AvgIpc) is 3.45. The SMILES string of the molecule is Cc1cc(CSc2ccccc2C(=O)Nc2cccc(S(=O)(=O)N3CCCC3)c2)no1. The highest BCUT2D eigenvalue weighted by molar-refractivity contribution is 7.98. The smallest absolute Gasteiger partial charge is 0.256 e. The monoisotopic (exact) mass is 457 g/mol. The minimum atomic E-state index is -3.54. The molecule has 0 spiro atoms. The van der Waals surface area contributed by atoms with Crippen molar-refractivity contribution in [1.82, 2.24) is 9.46 Å². The molecular formula is C22H23N3O4S2. The fourth-order valence-electron chi connectivity index (χ4n) is 3.43. The second kappa shape index (κ2) is 9.25. The van der Waals surface area contributed by atoms with Crippen molar-refractivity contribution >= 4 is 33.4 Å². The van der Waals surface area contributed by atoms with Crippen LogP contribution in [0, 0.1) is 6.92 Å². The highest BCUT2D eigenvalue weighted by Gasteiger charge is 2.27. The number of benzene rings is 2. The summed E-state index contributed by atoms with van der Waals surface area (Å²) in [6, 6.07) is 15.6. The topological polar surface area (TPSA) is 92.5 Å². The van der Waals surface area contributed by atoms with Crippen molar-refractivity contribution in [3.05, 3.63) is 71.6 Å². The molecule has 7 nitrogen and oxygen atoms in total. The van der Waals surface area contributed by atoms with E-state index in [2.05, 4.69) is 10.5 Å². The summed E-state index contributed by atoms with van der Waals surface area (Å²) in [7, 11) is -3.54. The number of nitrogens with one attached hydrogen (secondary N) is 1. The molecule has 0 radical (unpaired) electrons. The van der Waals surface area contributed by atoms with Crippen molar-refractivity contribution in [1.29, 1.82) is 0 Å². The van der Waals surface area contributed by atoms with Crippen molar-refractivity contribution in [3.8, 4) is 0 Å². The van der Waals surface area contributed by atoms with Crippen LogP contribution in [0.3, 0.4) is 0 Å². The summed E-state index contributed by atoms with van der Waals surface area (Å²) in [5.41, 5.74) is 1.76. The van der Waals surface area contributed by atoms with Crippen LogP contribution in [-0.4, -0.2) is 36.9 Å². The molecule has 2 aromatic carbocycles. The molecular weight excluding hydrogens is 434 g/mol. The number of carbonyl (C=O) groups is 1. The molecule has 3 aromatic rings. The molecule has 1 fully saturated rings. The van der Waals surface area contributed by atoms with Crippen LogP contribution in [0.15, 0.2) is 68.9 Å². The number of aromatic nitrogens is 1. The zero-order valence-electron chi connectivity index (χ0n) is 17.1. The maximum Gasteiger partial charge on any atom is 0.256 e. The van der Waals surface area contributed by atoms with Gasteiger partial charge in [0.25, 0.3) is 5.91 Å². The van der Waals surface area contributed by atoms with Gasteiger partial charge in [-0.3, -0.25) is 4.79 Å². The van der Waals surface area contributed by atoms with E-state index in [0.29, 0.717) is 30.1 Å². The molecule has 1 saturated heterocycles. The minimum absolute atomic E-state index is 0.191. The van der Waals surface area contributed by atoms with E-state index in [9.17, 15) is 13.2 Å². The highest BCUT2D eigenvalue weighted by atomic mass is 32.2. The van der Waals surface area contributed by atoms with Gasteiger partial charge >= 0.3 is 0 Å². The second-order valence-corrected chi connectivity index (χ2v) is 10.3. The Morgan fingerprint density at radius 1 is 1.13 bits per heavy atom. The van der Waals surface area contributed by atoms with E-state index >= 15 is 0 Å². The molecule has 9 heteroatoms. The molecule has 31 heavy (non-hydrogen) atoms. The molecule has 0 aliphatic carbocycles. The van der Waals surface area contributed by atoms with Crippen LogP contribution in [-0.2, 0) is 15.8 Å². The van der Waals surface area contributed by atoms with E-state index in [1.165, 1.54) is 22.1 Å². The van der Waals surface area contributed by atoms with E-state index in [1.807, 2.05) is 25.1 Å². The van der Waals surface area contributed by atoms with Gasteiger partial charge in [0, 0.05) is 35.5 Å². The lowest BCUT2D eigenvalue weighted by Gasteiger charge is -2.16. The number of thioether (sulfide) groups is 1. The number of aryl methyl sites for hydroxylation is 1. The Balaban J connectivity index is 1.50. The lowest BCUT2D eigenvalue weighted by atomic mass is 10.2. The molecule has 4 rings (SSSR count). The van der Waals surface area contributed by atoms with Crippen LogP contribution in [0.25, 0.3) is 0 Å². The van der Waals surface area contributed by atoms with E-state index in [4.69, 9.17) is 4.52 Å². The van der Waals surface area contributed by atoms with Gasteiger partial charge in [-0.2, -0.15) is 4.31 Å². The summed E-state index contributed by atoms with van der Waals surface area (Å²) in [4.78, 5) is 13.9. The molecule has 0 bridgehead atoms. The number of rotatable bonds is 7. The van der Waals surface area contributed by atoms with Crippen LogP contribution < -0.4 is 5.32 Å². The molecule has 162 valence electrons. The first-order chi connectivity index (χ1) is 14.9. The predicted molar refractivity (Wildman–Crippen MR) is 120 cm³/mol. The fraction of sp³-hybridized carbons (Fsp3) is 0.273. The summed E-state index contributed by atoms with van der Waals surface area (Å²) >= 11 is 1.49. The Kier molecular flexibility index (Phi) is 6.45. The van der Waals surface area contributed by atoms with Crippen molar-refractivity contribution in [3.63, 3.8) is 0 Å². The number of hydrogen-bond donors (Lipinski definition) is 1. The highest BCUT2D eigenvalue weighted by Crippen LogP contribution is 2.28. The minimum Gasteiger partial charge on any atom is -0.361 e. The zero-order chi connectivity index (χ0) is 21.8. The third-order valence-corrected chi connectivity index (χ3v) is 7.98. The number of nitrogens with zero attached hydrogens (tertiary/aromatic N) is 2. The predicted octanol–water partition coefficient (Wildman–Crippen LogP) is 4.31. The molecule has 0 unspecified atom stereocenters. The van der Waals surface area contributed by atoms with E-state index < -0.39 is 10.0 Å². The van der Waals surface area contributed by atoms with Gasteiger partial charge in [-0.1, -0.05) is 23.4 Å². The quantitative estimate of drug-likeness (QED) is 0.532. The molecule has 2 heterocycles. The first kappa shape index (κ1) is 21.6. The van der Waals surface area contributed by atoms with Crippen molar-refractivity contribution < 1.29 is 17.7 Å². The first-order valence-electron chi connectivity index (χ1n) is 9.99. The van der Waals surface area contributed by atoms with Crippen molar-refractivity contribution in [2.75, 3.05) is 18.4 Å². The van der Waals surface area contributed by atoms with Gasteiger partial charge in [0.15, 0.2) is 0 Å². The number of amides is 1. The van der Waals surface area contributed by atoms with E-state index in [1.54, 1.807) is 30.3 Å². The third-order valence-electron chi connectivity index (χ3n) is 4.98. The maximum atomic E-state index is 12.9. The van der Waals surface area contributed by atoms with Gasteiger partial charge in [-0.05, 0) is 50.1 Å². The van der Waals surface area contributed by atoms with Crippen molar-refractivity contribution in [2.45, 2.75) is 35.3 Å². The maximum absolute atomic E-state index is 12.9. The standard InChI is InChI=1S/C22H23N3O4S2/c1-16-13-18(24-29-16)15-30-21-10-3-2-9-20(21)22(26)23-17-7-6-8-19(14-17)31(27,28)25-11-4-5-12-25/h2-3,6-10,13-14H,4-5,11-12,15H2,1H3,(H,23,26). The van der Waals surface area contributed by atoms with Gasteiger partial charge < -0.3 is 9.84 Å². The molecule has 0 atom stereocenters. The first-order valence-corrected chi connectivity index (χ1v) is 12.4. The Morgan fingerprint density at radius 2 is 1.90 bits per heavy atom. The van der Waals surface area contributed by atoms with Crippen LogP contribution in [0.4, 0.5) is 5.69 Å². The summed E-state index contributed by atoms with van der Waals surface area (Å²) in [6.45, 7) is 2.91. The van der Waals surface area contributed by atoms with Gasteiger partial charge in [-0.25, -0.2) is 8.42 Å². The third kappa shape index (κ3) is 5.00. The van der Waals surface area contributed by atoms with Gasteiger partial charge in [0.05, 0.1) is 16.2 Å². The Hall–Kier alpha value is -2.62. The molecule has 1 aliphatic heterocycles. The van der Waals surface area contributed by atoms with Gasteiger partial charge in [0.2, 0.25) is 10.0 Å². The zero-order valence-corrected chi connectivity index (χ0v) is 18.7.